The Kier molecular flexibility index (Phi) is 3.96. The monoisotopic (exact) mass is 341 g/mol. The van der Waals surface area contributed by atoms with Gasteiger partial charge in [-0.15, -0.1) is 11.3 Å². The van der Waals surface area contributed by atoms with Gasteiger partial charge < -0.3 is 9.64 Å². The molecule has 0 radical (unpaired) electrons. The van der Waals surface area contributed by atoms with Crippen LogP contribution in [0, 0.1) is 0 Å². The molecule has 3 heterocycles. The highest BCUT2D eigenvalue weighted by atomic mass is 32.1. The fraction of sp³-hybridized carbons (Fsp3) is 0.333. The Labute approximate surface area is 144 Å². The lowest BCUT2D eigenvalue weighted by atomic mass is 10.2. The standard InChI is InChI=1S/C18H19N3O2S/c1-20-9-14(15(10-20)23-2)21-11-19-17-13(18(21)22)8-16(24-17)12-6-4-3-5-7-12/h3-8,11,14-15H,9-10H2,1-2H3/t14-,15-/m0/s1. The number of aromatic nitrogens is 2. The van der Waals surface area contributed by atoms with Gasteiger partial charge in [0.05, 0.1) is 23.9 Å². The summed E-state index contributed by atoms with van der Waals surface area (Å²) in [5, 5.41) is 0.686. The van der Waals surface area contributed by atoms with E-state index in [0.29, 0.717) is 5.39 Å². The summed E-state index contributed by atoms with van der Waals surface area (Å²) in [6, 6.07) is 12.1. The molecule has 0 unspecified atom stereocenters. The maximum atomic E-state index is 13.0. The number of rotatable bonds is 3. The molecule has 0 saturated carbocycles. The number of likely N-dealkylation sites (tertiary alicyclic amines) is 1. The third-order valence-electron chi connectivity index (χ3n) is 4.61. The van der Waals surface area contributed by atoms with Gasteiger partial charge in [-0.2, -0.15) is 0 Å². The fourth-order valence-electron chi connectivity index (χ4n) is 3.36. The number of hydrogen-bond acceptors (Lipinski definition) is 5. The zero-order valence-corrected chi connectivity index (χ0v) is 14.5. The second-order valence-electron chi connectivity index (χ2n) is 6.22. The van der Waals surface area contributed by atoms with Crippen molar-refractivity contribution in [2.75, 3.05) is 27.2 Å². The molecule has 5 nitrogen and oxygen atoms in total. The van der Waals surface area contributed by atoms with E-state index in [9.17, 15) is 4.79 Å². The summed E-state index contributed by atoms with van der Waals surface area (Å²) in [6.45, 7) is 1.62. The Morgan fingerprint density at radius 1 is 1.25 bits per heavy atom. The van der Waals surface area contributed by atoms with Crippen LogP contribution in [-0.2, 0) is 4.74 Å². The van der Waals surface area contributed by atoms with E-state index < -0.39 is 0 Å². The van der Waals surface area contributed by atoms with Gasteiger partial charge in [0.1, 0.15) is 4.83 Å². The fourth-order valence-corrected chi connectivity index (χ4v) is 4.35. The molecule has 0 amide bonds. The van der Waals surface area contributed by atoms with Crippen molar-refractivity contribution in [3.05, 3.63) is 53.1 Å². The lowest BCUT2D eigenvalue weighted by Crippen LogP contribution is -2.32. The lowest BCUT2D eigenvalue weighted by molar-refractivity contribution is 0.0817. The van der Waals surface area contributed by atoms with Crippen LogP contribution in [0.3, 0.4) is 0 Å². The molecular formula is C18H19N3O2S. The van der Waals surface area contributed by atoms with E-state index in [4.69, 9.17) is 4.74 Å². The molecule has 0 spiro atoms. The highest BCUT2D eigenvalue weighted by Crippen LogP contribution is 2.31. The second-order valence-corrected chi connectivity index (χ2v) is 7.25. The summed E-state index contributed by atoms with van der Waals surface area (Å²) < 4.78 is 7.30. The largest absolute Gasteiger partial charge is 0.378 e. The zero-order valence-electron chi connectivity index (χ0n) is 13.7. The molecule has 124 valence electrons. The molecule has 1 aromatic carbocycles. The van der Waals surface area contributed by atoms with E-state index in [1.54, 1.807) is 29.3 Å². The van der Waals surface area contributed by atoms with Gasteiger partial charge in [-0.05, 0) is 18.7 Å². The van der Waals surface area contributed by atoms with Crippen molar-refractivity contribution in [2.45, 2.75) is 12.1 Å². The summed E-state index contributed by atoms with van der Waals surface area (Å²) in [5.41, 5.74) is 1.13. The number of benzene rings is 1. The van der Waals surface area contributed by atoms with Gasteiger partial charge >= 0.3 is 0 Å². The van der Waals surface area contributed by atoms with Gasteiger partial charge in [-0.25, -0.2) is 4.98 Å². The molecule has 0 aliphatic carbocycles. The first-order chi connectivity index (χ1) is 11.7. The Hall–Kier alpha value is -2.02. The Morgan fingerprint density at radius 3 is 2.79 bits per heavy atom. The summed E-state index contributed by atoms with van der Waals surface area (Å²) in [6.07, 6.45) is 1.69. The molecule has 6 heteroatoms. The molecule has 1 fully saturated rings. The number of hydrogen-bond donors (Lipinski definition) is 0. The Balaban J connectivity index is 1.80. The summed E-state index contributed by atoms with van der Waals surface area (Å²) >= 11 is 1.56. The van der Waals surface area contributed by atoms with Crippen molar-refractivity contribution in [2.24, 2.45) is 0 Å². The van der Waals surface area contributed by atoms with Gasteiger partial charge in [0.25, 0.3) is 5.56 Å². The quantitative estimate of drug-likeness (QED) is 0.735. The van der Waals surface area contributed by atoms with Gasteiger partial charge in [0, 0.05) is 25.1 Å². The van der Waals surface area contributed by atoms with Crippen LogP contribution in [0.1, 0.15) is 6.04 Å². The van der Waals surface area contributed by atoms with Crippen LogP contribution in [0.15, 0.2) is 47.5 Å². The first-order valence-corrected chi connectivity index (χ1v) is 8.76. The molecule has 4 rings (SSSR count). The van der Waals surface area contributed by atoms with Crippen molar-refractivity contribution in [1.29, 1.82) is 0 Å². The molecule has 1 saturated heterocycles. The van der Waals surface area contributed by atoms with E-state index in [0.717, 1.165) is 28.4 Å². The zero-order chi connectivity index (χ0) is 16.7. The molecular weight excluding hydrogens is 322 g/mol. The molecule has 0 bridgehead atoms. The Morgan fingerprint density at radius 2 is 2.04 bits per heavy atom. The van der Waals surface area contributed by atoms with E-state index in [2.05, 4.69) is 22.0 Å². The molecule has 24 heavy (non-hydrogen) atoms. The van der Waals surface area contributed by atoms with Gasteiger partial charge in [-0.1, -0.05) is 30.3 Å². The topological polar surface area (TPSA) is 47.4 Å². The van der Waals surface area contributed by atoms with E-state index in [-0.39, 0.29) is 17.7 Å². The van der Waals surface area contributed by atoms with E-state index in [1.807, 2.05) is 31.3 Å². The van der Waals surface area contributed by atoms with Crippen LogP contribution in [-0.4, -0.2) is 47.8 Å². The van der Waals surface area contributed by atoms with Gasteiger partial charge in [0.15, 0.2) is 0 Å². The predicted molar refractivity (Wildman–Crippen MR) is 96.6 cm³/mol. The Bertz CT molecular complexity index is 919. The second kappa shape index (κ2) is 6.12. The molecule has 2 atom stereocenters. The van der Waals surface area contributed by atoms with E-state index in [1.165, 1.54) is 0 Å². The third kappa shape index (κ3) is 2.56. The minimum atomic E-state index is 0.00414. The van der Waals surface area contributed by atoms with Gasteiger partial charge in [-0.3, -0.25) is 9.36 Å². The maximum absolute atomic E-state index is 13.0. The predicted octanol–water partition coefficient (Wildman–Crippen LogP) is 2.63. The van der Waals surface area contributed by atoms with Crippen molar-refractivity contribution in [3.63, 3.8) is 0 Å². The first kappa shape index (κ1) is 15.5. The number of likely N-dealkylation sites (N-methyl/N-ethyl adjacent to an activating group) is 1. The third-order valence-corrected chi connectivity index (χ3v) is 5.71. The smallest absolute Gasteiger partial charge is 0.262 e. The first-order valence-electron chi connectivity index (χ1n) is 7.95. The molecule has 1 aliphatic rings. The van der Waals surface area contributed by atoms with Crippen LogP contribution < -0.4 is 5.56 Å². The minimum absolute atomic E-state index is 0.00414. The number of nitrogens with zero attached hydrogens (tertiary/aromatic N) is 3. The maximum Gasteiger partial charge on any atom is 0.262 e. The van der Waals surface area contributed by atoms with Crippen molar-refractivity contribution < 1.29 is 4.74 Å². The normalized spacial score (nSPS) is 21.6. The van der Waals surface area contributed by atoms with Crippen LogP contribution in [0.2, 0.25) is 0 Å². The minimum Gasteiger partial charge on any atom is -0.378 e. The van der Waals surface area contributed by atoms with E-state index >= 15 is 0 Å². The van der Waals surface area contributed by atoms with Crippen LogP contribution in [0.5, 0.6) is 0 Å². The van der Waals surface area contributed by atoms with Crippen LogP contribution >= 0.6 is 11.3 Å². The molecule has 2 aromatic heterocycles. The molecule has 0 N–H and O–H groups in total. The van der Waals surface area contributed by atoms with Gasteiger partial charge in [0.2, 0.25) is 0 Å². The molecule has 3 aromatic rings. The number of fused-ring (bicyclic) bond motifs is 1. The highest BCUT2D eigenvalue weighted by molar-refractivity contribution is 7.21. The van der Waals surface area contributed by atoms with Crippen LogP contribution in [0.25, 0.3) is 20.7 Å². The number of thiophene rings is 1. The number of ether oxygens (including phenoxy) is 1. The summed E-state index contributed by atoms with van der Waals surface area (Å²) in [5.74, 6) is 0. The van der Waals surface area contributed by atoms with Crippen molar-refractivity contribution in [1.82, 2.24) is 14.5 Å². The average molecular weight is 341 g/mol. The van der Waals surface area contributed by atoms with Crippen molar-refractivity contribution >= 4 is 21.6 Å². The lowest BCUT2D eigenvalue weighted by Gasteiger charge is -2.19. The highest BCUT2D eigenvalue weighted by Gasteiger charge is 2.33. The SMILES string of the molecule is CO[C@H]1CN(C)C[C@@H]1n1cnc2sc(-c3ccccc3)cc2c1=O. The summed E-state index contributed by atoms with van der Waals surface area (Å²) in [7, 11) is 3.74. The van der Waals surface area contributed by atoms with Crippen LogP contribution in [0.4, 0.5) is 0 Å². The molecule has 1 aliphatic heterocycles. The van der Waals surface area contributed by atoms with Crippen molar-refractivity contribution in [3.8, 4) is 10.4 Å². The average Bonchev–Trinajstić information content (AvgIpc) is 3.20. The number of methoxy groups -OCH3 is 1. The summed E-state index contributed by atoms with van der Waals surface area (Å²) in [4.78, 5) is 21.6.